The number of ether oxygens (including phenoxy) is 1. The molecule has 74 valence electrons. The first-order chi connectivity index (χ1) is 6.83. The van der Waals surface area contributed by atoms with Crippen LogP contribution in [0.4, 0.5) is 0 Å². The molecule has 0 amide bonds. The molecule has 1 atom stereocenters. The van der Waals surface area contributed by atoms with Gasteiger partial charge < -0.3 is 4.74 Å². The van der Waals surface area contributed by atoms with E-state index in [0.717, 1.165) is 0 Å². The Kier molecular flexibility index (Phi) is 4.74. The van der Waals surface area contributed by atoms with Crippen molar-refractivity contribution in [1.82, 2.24) is 0 Å². The normalized spacial score (nSPS) is 12.0. The van der Waals surface area contributed by atoms with Gasteiger partial charge in [-0.2, -0.15) is 5.26 Å². The highest BCUT2D eigenvalue weighted by atomic mass is 16.5. The molecule has 1 aromatic carbocycles. The molecule has 0 spiro atoms. The summed E-state index contributed by atoms with van der Waals surface area (Å²) >= 11 is 0. The molecular formula is C12H15NO. The fourth-order valence-corrected chi connectivity index (χ4v) is 1.17. The van der Waals surface area contributed by atoms with Gasteiger partial charge >= 0.3 is 0 Å². The van der Waals surface area contributed by atoms with Crippen LogP contribution in [0.15, 0.2) is 30.3 Å². The van der Waals surface area contributed by atoms with Crippen molar-refractivity contribution < 1.29 is 4.74 Å². The molecule has 0 aliphatic rings. The van der Waals surface area contributed by atoms with Crippen LogP contribution in [0.2, 0.25) is 0 Å². The van der Waals surface area contributed by atoms with E-state index in [-0.39, 0.29) is 0 Å². The molecule has 2 heteroatoms. The number of hydrogen-bond donors (Lipinski definition) is 0. The van der Waals surface area contributed by atoms with Crippen molar-refractivity contribution in [2.45, 2.75) is 20.0 Å². The van der Waals surface area contributed by atoms with Crippen LogP contribution in [0.3, 0.4) is 0 Å². The van der Waals surface area contributed by atoms with Crippen molar-refractivity contribution in [3.63, 3.8) is 0 Å². The summed E-state index contributed by atoms with van der Waals surface area (Å²) in [6.45, 7) is 3.31. The molecule has 0 N–H and O–H groups in total. The summed E-state index contributed by atoms with van der Waals surface area (Å²) < 4.78 is 5.48. The van der Waals surface area contributed by atoms with Gasteiger partial charge in [-0.15, -0.1) is 0 Å². The number of nitrogens with zero attached hydrogens (tertiary/aromatic N) is 1. The average Bonchev–Trinajstić information content (AvgIpc) is 2.20. The van der Waals surface area contributed by atoms with E-state index < -0.39 is 0 Å². The van der Waals surface area contributed by atoms with Gasteiger partial charge in [-0.25, -0.2) is 0 Å². The maximum Gasteiger partial charge on any atom is 0.0717 e. The zero-order chi connectivity index (χ0) is 10.2. The Morgan fingerprint density at radius 1 is 1.36 bits per heavy atom. The van der Waals surface area contributed by atoms with Crippen LogP contribution in [-0.2, 0) is 11.3 Å². The van der Waals surface area contributed by atoms with Gasteiger partial charge in [-0.05, 0) is 11.5 Å². The maximum absolute atomic E-state index is 8.45. The predicted molar refractivity (Wildman–Crippen MR) is 55.5 cm³/mol. The zero-order valence-corrected chi connectivity index (χ0v) is 8.44. The summed E-state index contributed by atoms with van der Waals surface area (Å²) in [5.41, 5.74) is 1.18. The van der Waals surface area contributed by atoms with Crippen molar-refractivity contribution in [3.05, 3.63) is 35.9 Å². The van der Waals surface area contributed by atoms with Crippen molar-refractivity contribution in [2.24, 2.45) is 5.92 Å². The Morgan fingerprint density at radius 2 is 2.07 bits per heavy atom. The minimum atomic E-state index is 0.323. The lowest BCUT2D eigenvalue weighted by atomic mass is 10.1. The summed E-state index contributed by atoms with van der Waals surface area (Å²) in [5, 5.41) is 8.45. The topological polar surface area (TPSA) is 33.0 Å². The standard InChI is InChI=1S/C12H15NO/c1-11(7-8-13)9-14-10-12-5-3-2-4-6-12/h2-6,11H,7,9-10H2,1H3/t11-/m1/s1. The number of benzene rings is 1. The van der Waals surface area contributed by atoms with Crippen LogP contribution >= 0.6 is 0 Å². The van der Waals surface area contributed by atoms with Gasteiger partial charge in [0.25, 0.3) is 0 Å². The molecule has 0 saturated heterocycles. The summed E-state index contributed by atoms with van der Waals surface area (Å²) in [5.74, 6) is 0.323. The zero-order valence-electron chi connectivity index (χ0n) is 8.44. The minimum Gasteiger partial charge on any atom is -0.376 e. The van der Waals surface area contributed by atoms with Gasteiger partial charge in [0.2, 0.25) is 0 Å². The highest BCUT2D eigenvalue weighted by Crippen LogP contribution is 2.05. The maximum atomic E-state index is 8.45. The van der Waals surface area contributed by atoms with Crippen LogP contribution in [-0.4, -0.2) is 6.61 Å². The summed E-state index contributed by atoms with van der Waals surface area (Å²) in [6, 6.07) is 12.2. The third-order valence-electron chi connectivity index (χ3n) is 1.95. The summed E-state index contributed by atoms with van der Waals surface area (Å²) in [7, 11) is 0. The van der Waals surface area contributed by atoms with E-state index in [0.29, 0.717) is 25.6 Å². The van der Waals surface area contributed by atoms with Gasteiger partial charge in [0.05, 0.1) is 19.3 Å². The van der Waals surface area contributed by atoms with Gasteiger partial charge in [-0.1, -0.05) is 37.3 Å². The summed E-state index contributed by atoms with van der Waals surface area (Å²) in [6.07, 6.45) is 0.564. The molecule has 0 aromatic heterocycles. The molecule has 0 unspecified atom stereocenters. The lowest BCUT2D eigenvalue weighted by Gasteiger charge is -2.08. The van der Waals surface area contributed by atoms with E-state index in [1.54, 1.807) is 0 Å². The Morgan fingerprint density at radius 3 is 2.71 bits per heavy atom. The van der Waals surface area contributed by atoms with Crippen molar-refractivity contribution in [2.75, 3.05) is 6.61 Å². The fourth-order valence-electron chi connectivity index (χ4n) is 1.17. The smallest absolute Gasteiger partial charge is 0.0717 e. The molecule has 0 bridgehead atoms. The van der Waals surface area contributed by atoms with Gasteiger partial charge in [0.1, 0.15) is 0 Å². The van der Waals surface area contributed by atoms with E-state index in [9.17, 15) is 0 Å². The van der Waals surface area contributed by atoms with Crippen LogP contribution < -0.4 is 0 Å². The first-order valence-corrected chi connectivity index (χ1v) is 4.81. The Labute approximate surface area is 85.1 Å². The highest BCUT2D eigenvalue weighted by molar-refractivity contribution is 5.13. The van der Waals surface area contributed by atoms with Gasteiger partial charge in [0.15, 0.2) is 0 Å². The first-order valence-electron chi connectivity index (χ1n) is 4.81. The summed E-state index contributed by atoms with van der Waals surface area (Å²) in [4.78, 5) is 0. The molecule has 0 saturated carbocycles. The second kappa shape index (κ2) is 6.17. The van der Waals surface area contributed by atoms with Crippen LogP contribution in [0.25, 0.3) is 0 Å². The van der Waals surface area contributed by atoms with E-state index in [1.807, 2.05) is 37.3 Å². The predicted octanol–water partition coefficient (Wildman–Crippen LogP) is 2.75. The Hall–Kier alpha value is -1.33. The lowest BCUT2D eigenvalue weighted by molar-refractivity contribution is 0.0933. The quantitative estimate of drug-likeness (QED) is 0.713. The van der Waals surface area contributed by atoms with Crippen molar-refractivity contribution in [1.29, 1.82) is 5.26 Å². The molecule has 1 aromatic rings. The minimum absolute atomic E-state index is 0.323. The molecule has 14 heavy (non-hydrogen) atoms. The van der Waals surface area contributed by atoms with Crippen LogP contribution in [0, 0.1) is 17.2 Å². The Bertz CT molecular complexity index is 289. The highest BCUT2D eigenvalue weighted by Gasteiger charge is 2.00. The van der Waals surface area contributed by atoms with E-state index in [2.05, 4.69) is 6.07 Å². The largest absolute Gasteiger partial charge is 0.376 e. The molecule has 0 radical (unpaired) electrons. The van der Waals surface area contributed by atoms with Gasteiger partial charge in [0, 0.05) is 6.42 Å². The number of rotatable bonds is 5. The molecule has 2 nitrogen and oxygen atoms in total. The number of hydrogen-bond acceptors (Lipinski definition) is 2. The van der Waals surface area contributed by atoms with E-state index >= 15 is 0 Å². The third-order valence-corrected chi connectivity index (χ3v) is 1.95. The molecule has 0 aliphatic heterocycles. The molecular weight excluding hydrogens is 174 g/mol. The second-order valence-corrected chi connectivity index (χ2v) is 3.47. The Balaban J connectivity index is 2.19. The van der Waals surface area contributed by atoms with Crippen molar-refractivity contribution in [3.8, 4) is 6.07 Å². The number of nitriles is 1. The second-order valence-electron chi connectivity index (χ2n) is 3.47. The monoisotopic (exact) mass is 189 g/mol. The van der Waals surface area contributed by atoms with Gasteiger partial charge in [-0.3, -0.25) is 0 Å². The fraction of sp³-hybridized carbons (Fsp3) is 0.417. The lowest BCUT2D eigenvalue weighted by Crippen LogP contribution is -2.04. The average molecular weight is 189 g/mol. The molecule has 1 rings (SSSR count). The SMILES string of the molecule is C[C@H](CC#N)COCc1ccccc1. The molecule has 0 heterocycles. The first kappa shape index (κ1) is 10.7. The van der Waals surface area contributed by atoms with E-state index in [1.165, 1.54) is 5.56 Å². The van der Waals surface area contributed by atoms with E-state index in [4.69, 9.17) is 10.00 Å². The van der Waals surface area contributed by atoms with Crippen LogP contribution in [0.5, 0.6) is 0 Å². The molecule has 0 aliphatic carbocycles. The molecule has 0 fully saturated rings. The third kappa shape index (κ3) is 4.06. The van der Waals surface area contributed by atoms with Crippen molar-refractivity contribution >= 4 is 0 Å². The van der Waals surface area contributed by atoms with Crippen LogP contribution in [0.1, 0.15) is 18.9 Å².